The highest BCUT2D eigenvalue weighted by Gasteiger charge is 2.08. The topological polar surface area (TPSA) is 120 Å². The van der Waals surface area contributed by atoms with Crippen LogP contribution in [0, 0.1) is 11.3 Å². The fourth-order valence-corrected chi connectivity index (χ4v) is 2.23. The maximum Gasteiger partial charge on any atom is 0.216 e. The van der Waals surface area contributed by atoms with E-state index in [1.54, 1.807) is 42.5 Å². The number of tetrazole rings is 1. The molecular weight excluding hydrogens is 356 g/mol. The van der Waals surface area contributed by atoms with Crippen LogP contribution in [0.5, 0.6) is 11.5 Å². The first-order chi connectivity index (χ1) is 12.7. The lowest BCUT2D eigenvalue weighted by Gasteiger charge is -2.12. The van der Waals surface area contributed by atoms with E-state index in [4.69, 9.17) is 21.6 Å². The summed E-state index contributed by atoms with van der Waals surface area (Å²) in [5.41, 5.74) is 1.45. The minimum absolute atomic E-state index is 0.185. The summed E-state index contributed by atoms with van der Waals surface area (Å²) in [6, 6.07) is 14.1. The van der Waals surface area contributed by atoms with Crippen LogP contribution in [0.3, 0.4) is 0 Å². The number of nitrogens with one attached hydrogen (secondary N) is 2. The Labute approximate surface area is 153 Å². The van der Waals surface area contributed by atoms with Crippen LogP contribution in [0.2, 0.25) is 5.02 Å². The second kappa shape index (κ2) is 8.11. The Bertz CT molecular complexity index is 948. The Morgan fingerprint density at radius 2 is 2.12 bits per heavy atom. The van der Waals surface area contributed by atoms with E-state index in [-0.39, 0.29) is 18.0 Å². The predicted molar refractivity (Wildman–Crippen MR) is 95.3 cm³/mol. The number of allylic oxidation sites excluding steroid dienone is 1. The summed E-state index contributed by atoms with van der Waals surface area (Å²) >= 11 is 5.86. The number of aliphatic hydroxyl groups is 1. The van der Waals surface area contributed by atoms with Gasteiger partial charge in [-0.25, -0.2) is 0 Å². The molecule has 3 aromatic rings. The smallest absolute Gasteiger partial charge is 0.216 e. The van der Waals surface area contributed by atoms with Crippen molar-refractivity contribution in [3.63, 3.8) is 0 Å². The van der Waals surface area contributed by atoms with Crippen molar-refractivity contribution in [2.45, 2.75) is 6.61 Å². The van der Waals surface area contributed by atoms with Crippen molar-refractivity contribution in [3.05, 3.63) is 65.1 Å². The van der Waals surface area contributed by atoms with Crippen molar-refractivity contribution in [1.82, 2.24) is 20.6 Å². The van der Waals surface area contributed by atoms with Crippen molar-refractivity contribution in [1.29, 1.82) is 5.26 Å². The quantitative estimate of drug-likeness (QED) is 0.571. The van der Waals surface area contributed by atoms with Crippen molar-refractivity contribution >= 4 is 22.9 Å². The number of hydrogen-bond donors (Lipinski definition) is 3. The number of halogens is 1. The minimum Gasteiger partial charge on any atom is -0.457 e. The average molecular weight is 369 g/mol. The summed E-state index contributed by atoms with van der Waals surface area (Å²) in [7, 11) is 0. The minimum atomic E-state index is -0.210. The number of nitrogens with zero attached hydrogens (tertiary/aromatic N) is 4. The normalized spacial score (nSPS) is 11.0. The van der Waals surface area contributed by atoms with Crippen LogP contribution in [0.4, 0.5) is 5.69 Å². The Balaban J connectivity index is 1.78. The van der Waals surface area contributed by atoms with E-state index in [2.05, 4.69) is 25.9 Å². The first kappa shape index (κ1) is 17.4. The fraction of sp³-hybridized carbons (Fsp3) is 0.0588. The van der Waals surface area contributed by atoms with Gasteiger partial charge in [0.15, 0.2) is 0 Å². The third-order valence-corrected chi connectivity index (χ3v) is 3.61. The van der Waals surface area contributed by atoms with E-state index >= 15 is 0 Å². The van der Waals surface area contributed by atoms with Crippen LogP contribution in [0.25, 0.3) is 5.57 Å². The number of aromatic nitrogens is 4. The van der Waals surface area contributed by atoms with Gasteiger partial charge in [-0.15, -0.1) is 10.2 Å². The maximum atomic E-state index is 9.61. The molecule has 26 heavy (non-hydrogen) atoms. The molecule has 0 saturated heterocycles. The van der Waals surface area contributed by atoms with Crippen molar-refractivity contribution in [2.24, 2.45) is 0 Å². The number of aliphatic hydroxyl groups excluding tert-OH is 1. The monoisotopic (exact) mass is 368 g/mol. The second-order valence-electron chi connectivity index (χ2n) is 5.09. The maximum absolute atomic E-state index is 9.61. The van der Waals surface area contributed by atoms with Gasteiger partial charge >= 0.3 is 0 Å². The molecule has 0 aliphatic rings. The molecule has 0 unspecified atom stereocenters. The van der Waals surface area contributed by atoms with Gasteiger partial charge in [0.1, 0.15) is 23.1 Å². The van der Waals surface area contributed by atoms with Gasteiger partial charge in [0.05, 0.1) is 6.61 Å². The molecule has 1 heterocycles. The summed E-state index contributed by atoms with van der Waals surface area (Å²) in [5.74, 6) is 1.31. The Morgan fingerprint density at radius 3 is 2.77 bits per heavy atom. The molecular formula is C17H13ClN6O2. The van der Waals surface area contributed by atoms with Gasteiger partial charge in [-0.05, 0) is 47.7 Å². The highest BCUT2D eigenvalue weighted by molar-refractivity contribution is 6.30. The van der Waals surface area contributed by atoms with Crippen LogP contribution in [-0.2, 0) is 6.61 Å². The zero-order valence-electron chi connectivity index (χ0n) is 13.3. The summed E-state index contributed by atoms with van der Waals surface area (Å²) in [6.07, 6.45) is 1.46. The molecule has 0 atom stereocenters. The van der Waals surface area contributed by atoms with Crippen molar-refractivity contribution in [3.8, 4) is 17.6 Å². The predicted octanol–water partition coefficient (Wildman–Crippen LogP) is 3.11. The van der Waals surface area contributed by atoms with Gasteiger partial charge in [0, 0.05) is 22.5 Å². The standard InChI is InChI=1S/C17H13ClN6O2/c18-13-1-4-15(5-2-13)26-16-6-3-14(7-11(16)10-25)20-9-12(8-19)17-21-23-24-22-17/h1-7,9,20,25H,10H2,(H,21,22,23,24). The van der Waals surface area contributed by atoms with E-state index in [0.717, 1.165) is 0 Å². The van der Waals surface area contributed by atoms with Gasteiger partial charge in [0.2, 0.25) is 5.82 Å². The molecule has 0 aliphatic carbocycles. The van der Waals surface area contributed by atoms with Gasteiger partial charge < -0.3 is 15.2 Å². The van der Waals surface area contributed by atoms with E-state index in [1.165, 1.54) is 6.20 Å². The molecule has 0 fully saturated rings. The summed E-state index contributed by atoms with van der Waals surface area (Å²) in [4.78, 5) is 0. The first-order valence-electron chi connectivity index (χ1n) is 7.47. The number of ether oxygens (including phenoxy) is 1. The molecule has 8 nitrogen and oxygen atoms in total. The van der Waals surface area contributed by atoms with Crippen LogP contribution in [0.1, 0.15) is 11.4 Å². The molecule has 2 aromatic carbocycles. The third-order valence-electron chi connectivity index (χ3n) is 3.36. The lowest BCUT2D eigenvalue weighted by Crippen LogP contribution is -1.96. The number of benzene rings is 2. The highest BCUT2D eigenvalue weighted by atomic mass is 35.5. The second-order valence-corrected chi connectivity index (χ2v) is 5.52. The number of aromatic amines is 1. The number of hydrogen-bond acceptors (Lipinski definition) is 7. The van der Waals surface area contributed by atoms with Crippen LogP contribution in [0.15, 0.2) is 48.7 Å². The van der Waals surface area contributed by atoms with Gasteiger partial charge in [-0.3, -0.25) is 0 Å². The molecule has 0 bridgehead atoms. The molecule has 3 rings (SSSR count). The molecule has 0 aliphatic heterocycles. The third kappa shape index (κ3) is 4.16. The van der Waals surface area contributed by atoms with E-state index in [9.17, 15) is 5.11 Å². The van der Waals surface area contributed by atoms with Crippen LogP contribution < -0.4 is 10.1 Å². The Morgan fingerprint density at radius 1 is 1.31 bits per heavy atom. The zero-order valence-corrected chi connectivity index (χ0v) is 14.1. The summed E-state index contributed by atoms with van der Waals surface area (Å²) in [5, 5.41) is 35.6. The van der Waals surface area contributed by atoms with Crippen molar-refractivity contribution < 1.29 is 9.84 Å². The largest absolute Gasteiger partial charge is 0.457 e. The molecule has 9 heteroatoms. The number of nitriles is 1. The molecule has 0 spiro atoms. The Kier molecular flexibility index (Phi) is 5.43. The number of rotatable bonds is 6. The van der Waals surface area contributed by atoms with Crippen LogP contribution in [-0.4, -0.2) is 25.7 Å². The van der Waals surface area contributed by atoms with Gasteiger partial charge in [-0.2, -0.15) is 10.5 Å². The molecule has 3 N–H and O–H groups in total. The van der Waals surface area contributed by atoms with E-state index < -0.39 is 0 Å². The molecule has 1 aromatic heterocycles. The van der Waals surface area contributed by atoms with Crippen LogP contribution >= 0.6 is 11.6 Å². The van der Waals surface area contributed by atoms with Gasteiger partial charge in [-0.1, -0.05) is 11.6 Å². The summed E-state index contributed by atoms with van der Waals surface area (Å²) < 4.78 is 5.77. The number of H-pyrrole nitrogens is 1. The lowest BCUT2D eigenvalue weighted by atomic mass is 10.2. The first-order valence-corrected chi connectivity index (χ1v) is 7.85. The lowest BCUT2D eigenvalue weighted by molar-refractivity contribution is 0.276. The van der Waals surface area contributed by atoms with E-state index in [0.29, 0.717) is 27.8 Å². The molecule has 0 amide bonds. The fourth-order valence-electron chi connectivity index (χ4n) is 2.10. The summed E-state index contributed by atoms with van der Waals surface area (Å²) in [6.45, 7) is -0.210. The average Bonchev–Trinajstić information content (AvgIpc) is 3.19. The zero-order chi connectivity index (χ0) is 18.4. The van der Waals surface area contributed by atoms with E-state index in [1.807, 2.05) is 6.07 Å². The number of anilines is 1. The SMILES string of the molecule is N#CC(=CNc1ccc(Oc2ccc(Cl)cc2)c(CO)c1)c1nn[nH]n1. The molecule has 130 valence electrons. The molecule has 0 saturated carbocycles. The highest BCUT2D eigenvalue weighted by Crippen LogP contribution is 2.29. The van der Waals surface area contributed by atoms with Gasteiger partial charge in [0.25, 0.3) is 0 Å². The Hall–Kier alpha value is -3.41. The molecule has 0 radical (unpaired) electrons. The van der Waals surface area contributed by atoms with Crippen molar-refractivity contribution in [2.75, 3.05) is 5.32 Å².